The fraction of sp³-hybridized carbons (Fsp3) is 0.343. The van der Waals surface area contributed by atoms with Gasteiger partial charge in [0.2, 0.25) is 29.4 Å². The summed E-state index contributed by atoms with van der Waals surface area (Å²) in [5, 5.41) is 52.0. The number of hydrogen-bond donors (Lipinski definition) is 5. The van der Waals surface area contributed by atoms with Crippen LogP contribution in [-0.2, 0) is 56.7 Å². The van der Waals surface area contributed by atoms with Crippen molar-refractivity contribution in [3.8, 4) is 85.9 Å². The van der Waals surface area contributed by atoms with Gasteiger partial charge < -0.3 is 96.6 Å². The summed E-state index contributed by atoms with van der Waals surface area (Å²) < 4.78 is 82.0. The third kappa shape index (κ3) is 29.6. The quantitative estimate of drug-likeness (QED) is 0.0279. The zero-order valence-corrected chi connectivity index (χ0v) is 82.5. The monoisotopic (exact) mass is 2020 g/mol. The van der Waals surface area contributed by atoms with Crippen LogP contribution in [0.25, 0.3) is 56.5 Å². The highest BCUT2D eigenvalue weighted by molar-refractivity contribution is 6.30. The molecule has 0 aliphatic carbocycles. The molecular formula is C105H110ClN21O20. The van der Waals surface area contributed by atoms with Crippen molar-refractivity contribution < 1.29 is 94.0 Å². The fourth-order valence-corrected chi connectivity index (χ4v) is 15.8. The first-order valence-electron chi connectivity index (χ1n) is 48.1. The summed E-state index contributed by atoms with van der Waals surface area (Å²) in [6, 6.07) is 41.9. The smallest absolute Gasteiger partial charge is 0.272 e. The average molecular weight is 2020 g/mol. The van der Waals surface area contributed by atoms with Crippen LogP contribution in [0.15, 0.2) is 218 Å². The van der Waals surface area contributed by atoms with Crippen LogP contribution in [0.4, 0.5) is 0 Å². The van der Waals surface area contributed by atoms with E-state index >= 15 is 0 Å². The number of nitrogens with one attached hydrogen (secondary N) is 5. The van der Waals surface area contributed by atoms with Crippen LogP contribution in [0.1, 0.15) is 178 Å². The Kier molecular flexibility index (Phi) is 37.0. The predicted molar refractivity (Wildman–Crippen MR) is 529 cm³/mol. The number of benzene rings is 1. The molecule has 0 atom stereocenters. The van der Waals surface area contributed by atoms with Gasteiger partial charge in [-0.2, -0.15) is 0 Å². The molecule has 5 aliphatic heterocycles. The second-order valence-corrected chi connectivity index (χ2v) is 35.1. The third-order valence-electron chi connectivity index (χ3n) is 24.3. The Bertz CT molecular complexity index is 6180. The van der Waals surface area contributed by atoms with Crippen molar-refractivity contribution in [1.82, 2.24) is 108 Å². The Morgan fingerprint density at radius 1 is 0.293 bits per heavy atom. The molecule has 19 heterocycles. The van der Waals surface area contributed by atoms with Gasteiger partial charge in [-0.3, -0.25) is 43.9 Å². The molecule has 5 fully saturated rings. The number of pyridine rings is 7. The molecule has 14 aromatic heterocycles. The summed E-state index contributed by atoms with van der Waals surface area (Å²) in [7, 11) is 0. The lowest BCUT2D eigenvalue weighted by molar-refractivity contribution is 0.0687. The van der Waals surface area contributed by atoms with Crippen LogP contribution in [-0.4, -0.2) is 207 Å². The van der Waals surface area contributed by atoms with Gasteiger partial charge in [-0.15, -0.1) is 20.4 Å². The van der Waals surface area contributed by atoms with Crippen LogP contribution in [0.3, 0.4) is 0 Å². The Morgan fingerprint density at radius 3 is 0.912 bits per heavy atom. The van der Waals surface area contributed by atoms with Gasteiger partial charge in [0.05, 0.1) is 60.9 Å². The zero-order valence-electron chi connectivity index (χ0n) is 81.7. The molecule has 0 bridgehead atoms. The SMILES string of the molecule is Cc1ccc(-c2noc(C)c2COc2ccc(C(=O)NC3CCOCC3)cn2)cc1.Cc1onc(-c2ccc(Cl)cn2)c1COc1ccc(C(=O)NC2CCOCC2)cn1.Cc1onc(-c2ccccn2)c1COc1ccc(C(=O)NC2CCOCC2)nn1.Cc1onc(-c2cccnc2)c1COc1ccc(C(=O)NC2CCOCC2)cn1.Cc1onc(-c2cccnc2)c1COc1ccc(C(=O)NC2CCOCC2)nn1. The normalized spacial score (nSPS) is 14.5. The van der Waals surface area contributed by atoms with E-state index in [4.69, 9.17) is 81.6 Å². The Morgan fingerprint density at radius 2 is 0.612 bits per heavy atom. The van der Waals surface area contributed by atoms with Crippen molar-refractivity contribution in [2.75, 3.05) is 66.1 Å². The van der Waals surface area contributed by atoms with E-state index in [-0.39, 0.29) is 104 Å². The summed E-state index contributed by atoms with van der Waals surface area (Å²) in [5.41, 5.74) is 14.6. The summed E-state index contributed by atoms with van der Waals surface area (Å²) >= 11 is 5.90. The van der Waals surface area contributed by atoms with Gasteiger partial charge in [-0.05, 0) is 185 Å². The lowest BCUT2D eigenvalue weighted by Gasteiger charge is -2.23. The number of hydrogen-bond acceptors (Lipinski definition) is 36. The van der Waals surface area contributed by atoms with Gasteiger partial charge in [-0.1, -0.05) is 73.3 Å². The van der Waals surface area contributed by atoms with E-state index in [0.29, 0.717) is 180 Å². The van der Waals surface area contributed by atoms with Gasteiger partial charge in [-0.25, -0.2) is 15.0 Å². The molecule has 147 heavy (non-hydrogen) atoms. The Balaban J connectivity index is 0.000000131. The number of carbonyl (C=O) groups excluding carboxylic acids is 5. The number of nitrogens with zero attached hydrogens (tertiary/aromatic N) is 16. The molecule has 1 aromatic carbocycles. The fourth-order valence-electron chi connectivity index (χ4n) is 15.7. The first kappa shape index (κ1) is 104. The maximum atomic E-state index is 12.4. The molecule has 15 aromatic rings. The van der Waals surface area contributed by atoms with Crippen molar-refractivity contribution in [3.05, 3.63) is 291 Å². The molecule has 0 saturated carbocycles. The minimum atomic E-state index is -0.247. The maximum Gasteiger partial charge on any atom is 0.272 e. The number of aryl methyl sites for hydroxylation is 6. The zero-order chi connectivity index (χ0) is 102. The summed E-state index contributed by atoms with van der Waals surface area (Å²) in [6.07, 6.45) is 22.8. The second-order valence-electron chi connectivity index (χ2n) is 34.7. The van der Waals surface area contributed by atoms with Crippen LogP contribution >= 0.6 is 11.6 Å². The van der Waals surface area contributed by atoms with Gasteiger partial charge >= 0.3 is 0 Å². The molecule has 5 saturated heterocycles. The molecule has 41 nitrogen and oxygen atoms in total. The van der Waals surface area contributed by atoms with E-state index in [9.17, 15) is 24.0 Å². The molecule has 5 aliphatic rings. The van der Waals surface area contributed by atoms with E-state index < -0.39 is 0 Å². The van der Waals surface area contributed by atoms with Gasteiger partial charge in [0.15, 0.2) is 11.4 Å². The van der Waals surface area contributed by atoms with Crippen LogP contribution in [0.2, 0.25) is 5.02 Å². The first-order valence-corrected chi connectivity index (χ1v) is 48.5. The molecule has 5 N–H and O–H groups in total. The van der Waals surface area contributed by atoms with E-state index in [1.807, 2.05) is 108 Å². The number of ether oxygens (including phenoxy) is 10. The van der Waals surface area contributed by atoms with Crippen LogP contribution in [0.5, 0.6) is 29.4 Å². The van der Waals surface area contributed by atoms with Crippen molar-refractivity contribution in [2.24, 2.45) is 0 Å². The third-order valence-corrected chi connectivity index (χ3v) is 24.6. The first-order chi connectivity index (χ1) is 71.8. The minimum absolute atomic E-state index is 0.107. The molecule has 762 valence electrons. The molecule has 42 heteroatoms. The highest BCUT2D eigenvalue weighted by Crippen LogP contribution is 2.33. The number of carbonyl (C=O) groups is 5. The van der Waals surface area contributed by atoms with Crippen molar-refractivity contribution in [2.45, 2.75) is 169 Å². The molecule has 5 amide bonds. The molecule has 20 rings (SSSR count). The lowest BCUT2D eigenvalue weighted by atomic mass is 10.1. The van der Waals surface area contributed by atoms with E-state index in [0.717, 1.165) is 114 Å². The largest absolute Gasteiger partial charge is 0.473 e. The molecule has 0 radical (unpaired) electrons. The Labute approximate surface area is 849 Å². The van der Waals surface area contributed by atoms with E-state index in [2.05, 4.69) is 108 Å². The van der Waals surface area contributed by atoms with Crippen molar-refractivity contribution >= 4 is 41.1 Å². The summed E-state index contributed by atoms with van der Waals surface area (Å²) in [5.74, 6) is 4.29. The van der Waals surface area contributed by atoms with E-state index in [1.54, 1.807) is 110 Å². The van der Waals surface area contributed by atoms with Crippen molar-refractivity contribution in [3.63, 3.8) is 0 Å². The van der Waals surface area contributed by atoms with Gasteiger partial charge in [0.1, 0.15) is 90.3 Å². The van der Waals surface area contributed by atoms with Crippen LogP contribution < -0.4 is 50.3 Å². The number of halogens is 1. The highest BCUT2D eigenvalue weighted by Gasteiger charge is 2.28. The molecule has 0 spiro atoms. The average Bonchev–Trinajstić information content (AvgIpc) is 1.68. The van der Waals surface area contributed by atoms with Gasteiger partial charge in [0, 0.05) is 199 Å². The number of amides is 5. The van der Waals surface area contributed by atoms with E-state index in [1.165, 1.54) is 24.2 Å². The van der Waals surface area contributed by atoms with Gasteiger partial charge in [0.25, 0.3) is 29.5 Å². The molecule has 0 unspecified atom stereocenters. The second kappa shape index (κ2) is 52.4. The number of aromatic nitrogens is 16. The predicted octanol–water partition coefficient (Wildman–Crippen LogP) is 15.0. The number of rotatable bonds is 30. The standard InChI is InChI=1S/C23H25N3O4.C21H21ClN4O4.C21H22N4O4.2C20H21N5O4/c1-15-3-5-17(6-4-15)22-20(16(2)30-26-22)14-29-21-8-7-18(13-24-21)23(27)25-19-9-11-28-12-10-19;1-13-17(20(26-30-13)18-4-3-15(22)11-23-18)12-29-19-5-2-14(10-24-19)21(27)25-16-6-8-28-9-7-16;1-14-18(20(25-29-14)15-3-2-8-22-11-15)13-28-19-5-4-16(12-23-19)21(26)24-17-6-9-27-10-7-17;1-13-16(19(25-29-13)14-3-2-8-21-11-14)12-28-18-5-4-17(23-24-18)20(26)22-15-6-9-27-10-7-15;1-13-15(19(25-29-13)16-4-2-3-9-21-16)12-28-18-6-5-17(23-24-18)20(26)22-14-7-10-27-11-8-14/h3-8,13,19H,9-12,14H2,1-2H3,(H,25,27);2-5,10-11,16H,6-9,12H2,1H3,(H,25,27);2-5,8,11-12,17H,6-7,9-10,13H2,1H3,(H,24,26);2-5,8,11,15H,6-7,9-10,12H2,1H3,(H,22,26);2-6,9,14H,7-8,10-12H2,1H3,(H,22,26). The Hall–Kier alpha value is -16.1. The summed E-state index contributed by atoms with van der Waals surface area (Å²) in [6.45, 7) is 19.0. The maximum absolute atomic E-state index is 12.4. The summed E-state index contributed by atoms with van der Waals surface area (Å²) in [4.78, 5) is 91.3. The highest BCUT2D eigenvalue weighted by atomic mass is 35.5. The lowest BCUT2D eigenvalue weighted by Crippen LogP contribution is -2.39. The topological polar surface area (TPSA) is 510 Å². The minimum Gasteiger partial charge on any atom is -0.473 e. The van der Waals surface area contributed by atoms with Crippen molar-refractivity contribution in [1.29, 1.82) is 0 Å². The molecular weight excluding hydrogens is 1910 g/mol. The van der Waals surface area contributed by atoms with Crippen LogP contribution in [0, 0.1) is 41.5 Å².